The van der Waals surface area contributed by atoms with Gasteiger partial charge in [0, 0.05) is 29.8 Å². The summed E-state index contributed by atoms with van der Waals surface area (Å²) in [6.07, 6.45) is 1.07. The van der Waals surface area contributed by atoms with E-state index in [-0.39, 0.29) is 16.0 Å². The lowest BCUT2D eigenvalue weighted by Crippen LogP contribution is -2.30. The van der Waals surface area contributed by atoms with E-state index in [2.05, 4.69) is 6.92 Å². The summed E-state index contributed by atoms with van der Waals surface area (Å²) in [5.74, 6) is -0.138. The normalized spacial score (nSPS) is 21.2. The van der Waals surface area contributed by atoms with E-state index in [1.54, 1.807) is 7.05 Å². The highest BCUT2D eigenvalue weighted by Crippen LogP contribution is 2.38. The minimum Gasteiger partial charge on any atom is -0.341 e. The van der Waals surface area contributed by atoms with E-state index in [1.807, 2.05) is 0 Å². The van der Waals surface area contributed by atoms with Gasteiger partial charge in [0.25, 0.3) is 15.0 Å². The Kier molecular flexibility index (Phi) is 4.31. The summed E-state index contributed by atoms with van der Waals surface area (Å²) in [4.78, 5) is 13.5. The van der Waals surface area contributed by atoms with Crippen LogP contribution < -0.4 is 0 Å². The first kappa shape index (κ1) is 16.2. The number of rotatable bonds is 4. The molecule has 1 aliphatic carbocycles. The molecular weight excluding hydrogens is 317 g/mol. The largest absolute Gasteiger partial charge is 0.341 e. The van der Waals surface area contributed by atoms with E-state index in [9.17, 15) is 17.6 Å². The zero-order valence-corrected chi connectivity index (χ0v) is 13.6. The zero-order chi connectivity index (χ0) is 15.9. The van der Waals surface area contributed by atoms with Gasteiger partial charge in [-0.15, -0.1) is 0 Å². The number of nitrogens with zero attached hydrogens (tertiary/aromatic N) is 1. The molecule has 116 valence electrons. The molecule has 2 rings (SSSR count). The van der Waals surface area contributed by atoms with Crippen LogP contribution in [0.3, 0.4) is 0 Å². The summed E-state index contributed by atoms with van der Waals surface area (Å²) >= 11 is 0. The van der Waals surface area contributed by atoms with Gasteiger partial charge < -0.3 is 4.90 Å². The van der Waals surface area contributed by atoms with Crippen molar-refractivity contribution in [3.05, 3.63) is 29.1 Å². The van der Waals surface area contributed by atoms with Gasteiger partial charge in [-0.05, 0) is 42.9 Å². The molecule has 0 N–H and O–H groups in total. The maximum atomic E-state index is 13.6. The molecule has 7 heteroatoms. The molecule has 1 fully saturated rings. The lowest BCUT2D eigenvalue weighted by molar-refractivity contribution is 0.0785. The van der Waals surface area contributed by atoms with Crippen LogP contribution in [0.5, 0.6) is 0 Å². The van der Waals surface area contributed by atoms with Gasteiger partial charge in [0.15, 0.2) is 0 Å². The molecule has 1 aromatic carbocycles. The molecule has 1 aromatic rings. The Morgan fingerprint density at radius 2 is 2.05 bits per heavy atom. The Bertz CT molecular complexity index is 690. The van der Waals surface area contributed by atoms with Crippen LogP contribution in [-0.4, -0.2) is 32.8 Å². The predicted molar refractivity (Wildman–Crippen MR) is 78.4 cm³/mol. The third-order valence-electron chi connectivity index (χ3n) is 3.95. The maximum Gasteiger partial charge on any atom is 0.261 e. The summed E-state index contributed by atoms with van der Waals surface area (Å²) in [6.45, 7) is 4.14. The molecule has 2 atom stereocenters. The first-order valence-corrected chi connectivity index (χ1v) is 8.92. The van der Waals surface area contributed by atoms with Crippen molar-refractivity contribution in [2.45, 2.75) is 25.2 Å². The number of carbonyl (C=O) groups is 1. The highest BCUT2D eigenvalue weighted by Gasteiger charge is 2.34. The molecule has 0 spiro atoms. The Labute approximate surface area is 128 Å². The molecule has 1 aliphatic rings. The zero-order valence-electron chi connectivity index (χ0n) is 12.1. The molecule has 2 unspecified atom stereocenters. The van der Waals surface area contributed by atoms with Crippen molar-refractivity contribution in [2.24, 2.45) is 11.8 Å². The second-order valence-electron chi connectivity index (χ2n) is 5.67. The van der Waals surface area contributed by atoms with Gasteiger partial charge in [-0.1, -0.05) is 6.92 Å². The average molecular weight is 334 g/mol. The first-order valence-electron chi connectivity index (χ1n) is 6.61. The summed E-state index contributed by atoms with van der Waals surface area (Å²) in [7, 11) is 2.82. The number of hydrogen-bond donors (Lipinski definition) is 0. The summed E-state index contributed by atoms with van der Waals surface area (Å²) in [5, 5.41) is 0. The SMILES string of the molecule is Cc1c(C(=O)N(C)CC2CC2C)cc(F)cc1S(=O)(=O)Cl. The van der Waals surface area contributed by atoms with Crippen molar-refractivity contribution in [1.82, 2.24) is 4.90 Å². The number of halogens is 2. The van der Waals surface area contributed by atoms with Crippen LogP contribution in [0, 0.1) is 24.6 Å². The monoisotopic (exact) mass is 333 g/mol. The molecule has 4 nitrogen and oxygen atoms in total. The van der Waals surface area contributed by atoms with Gasteiger partial charge in [-0.3, -0.25) is 4.79 Å². The second kappa shape index (κ2) is 5.57. The molecule has 21 heavy (non-hydrogen) atoms. The molecule has 0 aromatic heterocycles. The molecule has 0 aliphatic heterocycles. The number of hydrogen-bond acceptors (Lipinski definition) is 3. The Hall–Kier alpha value is -1.14. The highest BCUT2D eigenvalue weighted by molar-refractivity contribution is 8.13. The van der Waals surface area contributed by atoms with Crippen molar-refractivity contribution < 1.29 is 17.6 Å². The summed E-state index contributed by atoms with van der Waals surface area (Å²) in [6, 6.07) is 1.88. The van der Waals surface area contributed by atoms with Crippen LogP contribution >= 0.6 is 10.7 Å². The molecule has 1 saturated carbocycles. The van der Waals surface area contributed by atoms with Crippen LogP contribution in [-0.2, 0) is 9.05 Å². The fourth-order valence-electron chi connectivity index (χ4n) is 2.42. The van der Waals surface area contributed by atoms with E-state index in [1.165, 1.54) is 11.8 Å². The molecule has 0 saturated heterocycles. The van der Waals surface area contributed by atoms with Gasteiger partial charge in [0.1, 0.15) is 5.82 Å². The maximum absolute atomic E-state index is 13.6. The summed E-state index contributed by atoms with van der Waals surface area (Å²) < 4.78 is 36.5. The van der Waals surface area contributed by atoms with Crippen LogP contribution in [0.1, 0.15) is 29.3 Å². The second-order valence-corrected chi connectivity index (χ2v) is 8.21. The Morgan fingerprint density at radius 1 is 1.48 bits per heavy atom. The van der Waals surface area contributed by atoms with E-state index < -0.39 is 20.8 Å². The van der Waals surface area contributed by atoms with E-state index in [4.69, 9.17) is 10.7 Å². The van der Waals surface area contributed by atoms with Crippen molar-refractivity contribution >= 4 is 25.6 Å². The van der Waals surface area contributed by atoms with E-state index >= 15 is 0 Å². The van der Waals surface area contributed by atoms with Crippen LogP contribution in [0.2, 0.25) is 0 Å². The predicted octanol–water partition coefficient (Wildman–Crippen LogP) is 2.79. The fourth-order valence-corrected chi connectivity index (χ4v) is 3.63. The van der Waals surface area contributed by atoms with Gasteiger partial charge in [-0.2, -0.15) is 0 Å². The smallest absolute Gasteiger partial charge is 0.261 e. The summed E-state index contributed by atoms with van der Waals surface area (Å²) in [5.41, 5.74) is 0.206. The van der Waals surface area contributed by atoms with Crippen LogP contribution in [0.25, 0.3) is 0 Å². The number of amides is 1. The third-order valence-corrected chi connectivity index (χ3v) is 5.40. The van der Waals surface area contributed by atoms with E-state index in [0.29, 0.717) is 18.4 Å². The molecule has 1 amide bonds. The molecular formula is C14H17ClFNO3S. The standard InChI is InChI=1S/C14H17ClFNO3S/c1-8-4-10(8)7-17(3)14(18)12-5-11(16)6-13(9(12)2)21(15,19)20/h5-6,8,10H,4,7H2,1-3H3. The molecule has 0 heterocycles. The van der Waals surface area contributed by atoms with Crippen molar-refractivity contribution in [2.75, 3.05) is 13.6 Å². The lowest BCUT2D eigenvalue weighted by Gasteiger charge is -2.19. The number of benzene rings is 1. The van der Waals surface area contributed by atoms with Gasteiger partial charge in [-0.25, -0.2) is 12.8 Å². The van der Waals surface area contributed by atoms with Gasteiger partial charge in [0.2, 0.25) is 0 Å². The first-order chi connectivity index (χ1) is 9.61. The third kappa shape index (κ3) is 3.55. The van der Waals surface area contributed by atoms with Crippen molar-refractivity contribution in [1.29, 1.82) is 0 Å². The minimum atomic E-state index is -4.10. The topological polar surface area (TPSA) is 54.5 Å². The van der Waals surface area contributed by atoms with Gasteiger partial charge in [0.05, 0.1) is 4.90 Å². The van der Waals surface area contributed by atoms with E-state index in [0.717, 1.165) is 18.6 Å². The number of carbonyl (C=O) groups excluding carboxylic acids is 1. The Morgan fingerprint density at radius 3 is 2.52 bits per heavy atom. The van der Waals surface area contributed by atoms with Crippen molar-refractivity contribution in [3.8, 4) is 0 Å². The van der Waals surface area contributed by atoms with Gasteiger partial charge >= 0.3 is 0 Å². The molecule has 0 radical (unpaired) electrons. The van der Waals surface area contributed by atoms with Crippen LogP contribution in [0.4, 0.5) is 4.39 Å². The lowest BCUT2D eigenvalue weighted by atomic mass is 10.1. The quantitative estimate of drug-likeness (QED) is 0.796. The Balaban J connectivity index is 2.34. The average Bonchev–Trinajstić information content (AvgIpc) is 3.05. The van der Waals surface area contributed by atoms with Crippen molar-refractivity contribution in [3.63, 3.8) is 0 Å². The molecule has 0 bridgehead atoms. The highest BCUT2D eigenvalue weighted by atomic mass is 35.7. The minimum absolute atomic E-state index is 0.0324. The fraction of sp³-hybridized carbons (Fsp3) is 0.500. The van der Waals surface area contributed by atoms with Crippen LogP contribution in [0.15, 0.2) is 17.0 Å².